The number of aromatic nitrogens is 2. The molecule has 2 aromatic heterocycles. The van der Waals surface area contributed by atoms with E-state index in [1.807, 2.05) is 43.3 Å². The van der Waals surface area contributed by atoms with Gasteiger partial charge in [0.1, 0.15) is 12.2 Å². The first-order valence-electron chi connectivity index (χ1n) is 12.9. The summed E-state index contributed by atoms with van der Waals surface area (Å²) in [5.41, 5.74) is 2.40. The molecule has 204 valence electrons. The summed E-state index contributed by atoms with van der Waals surface area (Å²) >= 11 is 12.8. The summed E-state index contributed by atoms with van der Waals surface area (Å²) in [5.74, 6) is 1.52. The highest BCUT2D eigenvalue weighted by Crippen LogP contribution is 2.37. The molecule has 0 fully saturated rings. The zero-order valence-corrected chi connectivity index (χ0v) is 23.4. The summed E-state index contributed by atoms with van der Waals surface area (Å²) in [5, 5.41) is 6.66. The Morgan fingerprint density at radius 2 is 1.76 bits per heavy atom. The second-order valence-corrected chi connectivity index (χ2v) is 9.99. The van der Waals surface area contributed by atoms with Crippen LogP contribution in [0.3, 0.4) is 0 Å². The molecular weight excluding hydrogens is 561 g/mol. The van der Waals surface area contributed by atoms with Crippen molar-refractivity contribution in [2.45, 2.75) is 13.5 Å². The van der Waals surface area contributed by atoms with Gasteiger partial charge >= 0.3 is 0 Å². The molecule has 7 nitrogen and oxygen atoms in total. The summed E-state index contributed by atoms with van der Waals surface area (Å²) in [7, 11) is 0. The predicted octanol–water partition coefficient (Wildman–Crippen LogP) is 7.98. The number of halogens is 2. The molecule has 41 heavy (non-hydrogen) atoms. The lowest BCUT2D eigenvalue weighted by Gasteiger charge is -2.14. The third-order valence-electron chi connectivity index (χ3n) is 6.33. The minimum absolute atomic E-state index is 0.246. The number of para-hydroxylation sites is 1. The SMILES string of the molecule is CCOc1cc(C=Nn2c(-c3cc4cc(Cl)ccc4o3)nc3ccccc3c2=O)cc(Cl)c1OCc1ccccc1. The summed E-state index contributed by atoms with van der Waals surface area (Å²) in [6.45, 7) is 2.62. The second-order valence-electron chi connectivity index (χ2n) is 9.14. The maximum atomic E-state index is 13.6. The van der Waals surface area contributed by atoms with Gasteiger partial charge in [-0.15, -0.1) is 0 Å². The number of hydrogen-bond donors (Lipinski definition) is 0. The van der Waals surface area contributed by atoms with E-state index in [9.17, 15) is 4.79 Å². The van der Waals surface area contributed by atoms with Crippen LogP contribution in [-0.2, 0) is 6.61 Å². The van der Waals surface area contributed by atoms with Gasteiger partial charge in [0, 0.05) is 10.4 Å². The lowest BCUT2D eigenvalue weighted by atomic mass is 10.2. The molecular formula is C32H23Cl2N3O4. The van der Waals surface area contributed by atoms with Crippen LogP contribution in [0.25, 0.3) is 33.5 Å². The molecule has 9 heteroatoms. The van der Waals surface area contributed by atoms with Crippen molar-refractivity contribution < 1.29 is 13.9 Å². The average molecular weight is 584 g/mol. The van der Waals surface area contributed by atoms with Crippen molar-refractivity contribution in [2.75, 3.05) is 6.61 Å². The summed E-state index contributed by atoms with van der Waals surface area (Å²) in [6.07, 6.45) is 1.52. The van der Waals surface area contributed by atoms with Gasteiger partial charge in [0.2, 0.25) is 5.82 Å². The quantitative estimate of drug-likeness (QED) is 0.170. The van der Waals surface area contributed by atoms with E-state index in [2.05, 4.69) is 5.10 Å². The summed E-state index contributed by atoms with van der Waals surface area (Å²) < 4.78 is 19.1. The fraction of sp³-hybridized carbons (Fsp3) is 0.0938. The zero-order valence-electron chi connectivity index (χ0n) is 21.9. The number of ether oxygens (including phenoxy) is 2. The van der Waals surface area contributed by atoms with Crippen molar-refractivity contribution in [2.24, 2.45) is 5.10 Å². The Balaban J connectivity index is 1.41. The first kappa shape index (κ1) is 26.6. The zero-order chi connectivity index (χ0) is 28.3. The van der Waals surface area contributed by atoms with E-state index in [-0.39, 0.29) is 11.4 Å². The van der Waals surface area contributed by atoms with Gasteiger partial charge in [-0.1, -0.05) is 65.7 Å². The molecule has 0 N–H and O–H groups in total. The number of rotatable bonds is 8. The lowest BCUT2D eigenvalue weighted by molar-refractivity contribution is 0.269. The highest BCUT2D eigenvalue weighted by Gasteiger charge is 2.17. The van der Waals surface area contributed by atoms with Gasteiger partial charge in [-0.05, 0) is 66.6 Å². The summed E-state index contributed by atoms with van der Waals surface area (Å²) in [4.78, 5) is 18.3. The van der Waals surface area contributed by atoms with Gasteiger partial charge in [-0.2, -0.15) is 9.78 Å². The lowest BCUT2D eigenvalue weighted by Crippen LogP contribution is -2.20. The van der Waals surface area contributed by atoms with Crippen molar-refractivity contribution >= 4 is 51.3 Å². The van der Waals surface area contributed by atoms with Crippen LogP contribution in [-0.4, -0.2) is 22.5 Å². The minimum Gasteiger partial charge on any atom is -0.490 e. The molecule has 0 spiro atoms. The van der Waals surface area contributed by atoms with Gasteiger partial charge in [-0.3, -0.25) is 4.79 Å². The van der Waals surface area contributed by atoms with Gasteiger partial charge in [-0.25, -0.2) is 4.98 Å². The van der Waals surface area contributed by atoms with Crippen LogP contribution in [0.4, 0.5) is 0 Å². The van der Waals surface area contributed by atoms with Gasteiger partial charge in [0.05, 0.1) is 28.7 Å². The van der Waals surface area contributed by atoms with E-state index in [0.717, 1.165) is 10.9 Å². The van der Waals surface area contributed by atoms with Crippen molar-refractivity contribution in [1.82, 2.24) is 9.66 Å². The van der Waals surface area contributed by atoms with Crippen LogP contribution in [0, 0.1) is 0 Å². The third-order valence-corrected chi connectivity index (χ3v) is 6.85. The first-order chi connectivity index (χ1) is 20.0. The van der Waals surface area contributed by atoms with Gasteiger partial charge < -0.3 is 13.9 Å². The van der Waals surface area contributed by atoms with Gasteiger partial charge in [0.25, 0.3) is 5.56 Å². The highest BCUT2D eigenvalue weighted by atomic mass is 35.5. The Hall–Kier alpha value is -4.59. The van der Waals surface area contributed by atoms with E-state index in [1.54, 1.807) is 54.6 Å². The normalized spacial score (nSPS) is 11.5. The smallest absolute Gasteiger partial charge is 0.282 e. The van der Waals surface area contributed by atoms with Crippen molar-refractivity contribution in [3.05, 3.63) is 123 Å². The van der Waals surface area contributed by atoms with E-state index in [1.165, 1.54) is 10.9 Å². The molecule has 6 rings (SSSR count). The Morgan fingerprint density at radius 3 is 2.59 bits per heavy atom. The minimum atomic E-state index is -0.348. The largest absolute Gasteiger partial charge is 0.490 e. The standard InChI is InChI=1S/C32H23Cl2N3O4/c1-2-39-28-15-21(14-25(34)30(28)40-19-20-8-4-3-5-9-20)18-35-37-31(36-26-11-7-6-10-24(26)32(37)38)29-17-22-16-23(33)12-13-27(22)41-29/h3-18H,2,19H2,1H3. The van der Waals surface area contributed by atoms with E-state index in [4.69, 9.17) is 42.1 Å². The molecule has 0 atom stereocenters. The van der Waals surface area contributed by atoms with Gasteiger partial charge in [0.15, 0.2) is 17.3 Å². The van der Waals surface area contributed by atoms with E-state index < -0.39 is 0 Å². The molecule has 0 unspecified atom stereocenters. The molecule has 6 aromatic rings. The van der Waals surface area contributed by atoms with Crippen LogP contribution in [0.2, 0.25) is 10.0 Å². The number of fused-ring (bicyclic) bond motifs is 2. The fourth-order valence-corrected chi connectivity index (χ4v) is 4.89. The molecule has 0 aliphatic heterocycles. The maximum absolute atomic E-state index is 13.6. The van der Waals surface area contributed by atoms with Crippen LogP contribution in [0.1, 0.15) is 18.1 Å². The highest BCUT2D eigenvalue weighted by molar-refractivity contribution is 6.32. The average Bonchev–Trinajstić information content (AvgIpc) is 3.40. The summed E-state index contributed by atoms with van der Waals surface area (Å²) in [6, 6.07) is 27.4. The van der Waals surface area contributed by atoms with Crippen molar-refractivity contribution in [3.8, 4) is 23.1 Å². The van der Waals surface area contributed by atoms with Crippen LogP contribution in [0.15, 0.2) is 105 Å². The molecule has 0 aliphatic carbocycles. The number of furan rings is 1. The Bertz CT molecular complexity index is 1970. The number of benzene rings is 4. The van der Waals surface area contributed by atoms with Crippen molar-refractivity contribution in [3.63, 3.8) is 0 Å². The Kier molecular flexibility index (Phi) is 7.46. The van der Waals surface area contributed by atoms with Crippen molar-refractivity contribution in [1.29, 1.82) is 0 Å². The van der Waals surface area contributed by atoms with Crippen LogP contribution < -0.4 is 15.0 Å². The molecule has 0 radical (unpaired) electrons. The predicted molar refractivity (Wildman–Crippen MR) is 163 cm³/mol. The second kappa shape index (κ2) is 11.5. The van der Waals surface area contributed by atoms with Crippen LogP contribution in [0.5, 0.6) is 11.5 Å². The molecule has 2 heterocycles. The third kappa shape index (κ3) is 5.55. The molecule has 0 bridgehead atoms. The molecule has 0 aliphatic rings. The topological polar surface area (TPSA) is 78.9 Å². The van der Waals surface area contributed by atoms with E-state index in [0.29, 0.717) is 62.6 Å². The number of nitrogens with zero attached hydrogens (tertiary/aromatic N) is 3. The number of hydrogen-bond acceptors (Lipinski definition) is 6. The molecule has 0 saturated heterocycles. The monoisotopic (exact) mass is 583 g/mol. The molecule has 0 saturated carbocycles. The molecule has 0 amide bonds. The molecule has 4 aromatic carbocycles. The van der Waals surface area contributed by atoms with Crippen LogP contribution >= 0.6 is 23.2 Å². The van der Waals surface area contributed by atoms with E-state index >= 15 is 0 Å². The first-order valence-corrected chi connectivity index (χ1v) is 13.6. The Morgan fingerprint density at radius 1 is 0.951 bits per heavy atom. The Labute approximate surface area is 245 Å². The maximum Gasteiger partial charge on any atom is 0.282 e. The fourth-order valence-electron chi connectivity index (χ4n) is 4.43.